The lowest BCUT2D eigenvalue weighted by molar-refractivity contribution is -0.127. The molecule has 0 saturated heterocycles. The highest BCUT2D eigenvalue weighted by Crippen LogP contribution is 2.08. The summed E-state index contributed by atoms with van der Waals surface area (Å²) in [6, 6.07) is 5.77. The van der Waals surface area contributed by atoms with Gasteiger partial charge in [-0.1, -0.05) is 12.1 Å². The van der Waals surface area contributed by atoms with Gasteiger partial charge < -0.3 is 10.6 Å². The smallest absolute Gasteiger partial charge is 0.242 e. The summed E-state index contributed by atoms with van der Waals surface area (Å²) in [7, 11) is 1.54. The second kappa shape index (κ2) is 7.51. The Morgan fingerprint density at radius 3 is 2.42 bits per heavy atom. The first kappa shape index (κ1) is 15.1. The van der Waals surface area contributed by atoms with Gasteiger partial charge in [-0.25, -0.2) is 4.39 Å². The van der Waals surface area contributed by atoms with Crippen LogP contribution in [0.5, 0.6) is 0 Å². The van der Waals surface area contributed by atoms with Gasteiger partial charge in [0.15, 0.2) is 0 Å². The van der Waals surface area contributed by atoms with Crippen LogP contribution in [0.4, 0.5) is 4.39 Å². The van der Waals surface area contributed by atoms with Crippen molar-refractivity contribution in [3.05, 3.63) is 35.6 Å². The molecule has 0 aliphatic rings. The molecule has 0 saturated carbocycles. The molecule has 4 nitrogen and oxygen atoms in total. The van der Waals surface area contributed by atoms with Crippen molar-refractivity contribution in [2.45, 2.75) is 32.2 Å². The Morgan fingerprint density at radius 2 is 1.89 bits per heavy atom. The van der Waals surface area contributed by atoms with Gasteiger partial charge in [-0.15, -0.1) is 0 Å². The van der Waals surface area contributed by atoms with Crippen molar-refractivity contribution >= 4 is 11.8 Å². The second-order valence-corrected chi connectivity index (χ2v) is 4.39. The number of carbonyl (C=O) groups excluding carboxylic acids is 2. The molecule has 5 heteroatoms. The summed E-state index contributed by atoms with van der Waals surface area (Å²) in [6.07, 6.45) is 2.04. The third-order valence-electron chi connectivity index (χ3n) is 2.81. The number of carbonyl (C=O) groups is 2. The lowest BCUT2D eigenvalue weighted by Gasteiger charge is -2.16. The Hall–Kier alpha value is -1.91. The summed E-state index contributed by atoms with van der Waals surface area (Å²) >= 11 is 0. The molecule has 0 aliphatic heterocycles. The molecule has 1 unspecified atom stereocenters. The minimum absolute atomic E-state index is 0.200. The third-order valence-corrected chi connectivity index (χ3v) is 2.81. The van der Waals surface area contributed by atoms with Crippen molar-refractivity contribution in [3.8, 4) is 0 Å². The van der Waals surface area contributed by atoms with E-state index in [0.29, 0.717) is 6.42 Å². The van der Waals surface area contributed by atoms with Crippen molar-refractivity contribution in [2.75, 3.05) is 7.05 Å². The fourth-order valence-corrected chi connectivity index (χ4v) is 1.85. The SMILES string of the molecule is CNC(=O)C(CCCc1ccc(F)cc1)NC(C)=O. The van der Waals surface area contributed by atoms with Crippen LogP contribution < -0.4 is 10.6 Å². The van der Waals surface area contributed by atoms with Crippen LogP contribution in [0.3, 0.4) is 0 Å². The number of hydrogen-bond donors (Lipinski definition) is 2. The molecule has 0 aliphatic carbocycles. The largest absolute Gasteiger partial charge is 0.357 e. The van der Waals surface area contributed by atoms with Crippen LogP contribution >= 0.6 is 0 Å². The summed E-state index contributed by atoms with van der Waals surface area (Å²) in [4.78, 5) is 22.6. The van der Waals surface area contributed by atoms with Crippen LogP contribution in [-0.4, -0.2) is 24.9 Å². The maximum absolute atomic E-state index is 12.7. The molecular formula is C14H19FN2O2. The fourth-order valence-electron chi connectivity index (χ4n) is 1.85. The summed E-state index contributed by atoms with van der Waals surface area (Å²) in [5, 5.41) is 5.14. The summed E-state index contributed by atoms with van der Waals surface area (Å²) < 4.78 is 12.7. The van der Waals surface area contributed by atoms with Crippen LogP contribution in [-0.2, 0) is 16.0 Å². The van der Waals surface area contributed by atoms with Crippen LogP contribution in [0.1, 0.15) is 25.3 Å². The monoisotopic (exact) mass is 266 g/mol. The van der Waals surface area contributed by atoms with Gasteiger partial charge in [-0.05, 0) is 37.0 Å². The molecule has 0 heterocycles. The van der Waals surface area contributed by atoms with E-state index in [2.05, 4.69) is 10.6 Å². The van der Waals surface area contributed by atoms with Gasteiger partial charge >= 0.3 is 0 Å². The fraction of sp³-hybridized carbons (Fsp3) is 0.429. The molecule has 1 atom stereocenters. The molecule has 2 N–H and O–H groups in total. The van der Waals surface area contributed by atoms with Crippen molar-refractivity contribution in [1.82, 2.24) is 10.6 Å². The zero-order valence-corrected chi connectivity index (χ0v) is 11.2. The van der Waals surface area contributed by atoms with Gasteiger partial charge in [-0.2, -0.15) is 0 Å². The molecule has 0 spiro atoms. The number of benzene rings is 1. The Labute approximate surface area is 112 Å². The summed E-state index contributed by atoms with van der Waals surface area (Å²) in [5.74, 6) is -0.685. The van der Waals surface area contributed by atoms with Crippen molar-refractivity contribution in [3.63, 3.8) is 0 Å². The van der Waals surface area contributed by atoms with Gasteiger partial charge in [0, 0.05) is 14.0 Å². The number of hydrogen-bond acceptors (Lipinski definition) is 2. The minimum atomic E-state index is -0.511. The number of rotatable bonds is 6. The first-order valence-electron chi connectivity index (χ1n) is 6.26. The molecule has 104 valence electrons. The third kappa shape index (κ3) is 5.50. The molecule has 1 aromatic rings. The first-order chi connectivity index (χ1) is 9.02. The molecule has 0 bridgehead atoms. The predicted molar refractivity (Wildman–Crippen MR) is 71.0 cm³/mol. The van der Waals surface area contributed by atoms with E-state index in [-0.39, 0.29) is 17.6 Å². The zero-order chi connectivity index (χ0) is 14.3. The summed E-state index contributed by atoms with van der Waals surface area (Å²) in [6.45, 7) is 1.38. The maximum atomic E-state index is 12.7. The first-order valence-corrected chi connectivity index (χ1v) is 6.26. The van der Waals surface area contributed by atoms with Gasteiger partial charge in [0.1, 0.15) is 11.9 Å². The number of likely N-dealkylation sites (N-methyl/N-ethyl adjacent to an activating group) is 1. The van der Waals surface area contributed by atoms with Crippen molar-refractivity contribution in [1.29, 1.82) is 0 Å². The lowest BCUT2D eigenvalue weighted by Crippen LogP contribution is -2.44. The Balaban J connectivity index is 2.45. The molecule has 2 amide bonds. The average Bonchev–Trinajstić information content (AvgIpc) is 2.38. The van der Waals surface area contributed by atoms with Crippen LogP contribution in [0.2, 0.25) is 0 Å². The molecule has 1 rings (SSSR count). The van der Waals surface area contributed by atoms with Gasteiger partial charge in [0.05, 0.1) is 0 Å². The van der Waals surface area contributed by atoms with E-state index in [1.54, 1.807) is 12.1 Å². The number of aryl methyl sites for hydroxylation is 1. The second-order valence-electron chi connectivity index (χ2n) is 4.39. The minimum Gasteiger partial charge on any atom is -0.357 e. The molecule has 1 aromatic carbocycles. The normalized spacial score (nSPS) is 11.7. The molecule has 0 aromatic heterocycles. The van der Waals surface area contributed by atoms with Gasteiger partial charge in [-0.3, -0.25) is 9.59 Å². The molecular weight excluding hydrogens is 247 g/mol. The van der Waals surface area contributed by atoms with E-state index in [4.69, 9.17) is 0 Å². The molecule has 19 heavy (non-hydrogen) atoms. The Morgan fingerprint density at radius 1 is 1.26 bits per heavy atom. The highest BCUT2D eigenvalue weighted by molar-refractivity contribution is 5.86. The topological polar surface area (TPSA) is 58.2 Å². The van der Waals surface area contributed by atoms with E-state index in [1.807, 2.05) is 0 Å². The quantitative estimate of drug-likeness (QED) is 0.817. The highest BCUT2D eigenvalue weighted by Gasteiger charge is 2.17. The lowest BCUT2D eigenvalue weighted by atomic mass is 10.0. The molecule has 0 fully saturated rings. The van der Waals surface area contributed by atoms with E-state index >= 15 is 0 Å². The van der Waals surface area contributed by atoms with Gasteiger partial charge in [0.2, 0.25) is 11.8 Å². The maximum Gasteiger partial charge on any atom is 0.242 e. The van der Waals surface area contributed by atoms with Gasteiger partial charge in [0.25, 0.3) is 0 Å². The number of amides is 2. The zero-order valence-electron chi connectivity index (χ0n) is 11.2. The van der Waals surface area contributed by atoms with E-state index < -0.39 is 6.04 Å². The highest BCUT2D eigenvalue weighted by atomic mass is 19.1. The number of halogens is 1. The van der Waals surface area contributed by atoms with E-state index in [0.717, 1.165) is 18.4 Å². The van der Waals surface area contributed by atoms with E-state index in [9.17, 15) is 14.0 Å². The Kier molecular flexibility index (Phi) is 5.99. The van der Waals surface area contributed by atoms with Crippen molar-refractivity contribution < 1.29 is 14.0 Å². The Bertz CT molecular complexity index is 432. The van der Waals surface area contributed by atoms with Crippen LogP contribution in [0.15, 0.2) is 24.3 Å². The standard InChI is InChI=1S/C14H19FN2O2/c1-10(18)17-13(14(19)16-2)5-3-4-11-6-8-12(15)9-7-11/h6-9,13H,3-5H2,1-2H3,(H,16,19)(H,17,18). The van der Waals surface area contributed by atoms with E-state index in [1.165, 1.54) is 26.1 Å². The average molecular weight is 266 g/mol. The summed E-state index contributed by atoms with van der Waals surface area (Å²) in [5.41, 5.74) is 1.01. The molecule has 0 radical (unpaired) electrons. The number of nitrogens with one attached hydrogen (secondary N) is 2. The van der Waals surface area contributed by atoms with Crippen molar-refractivity contribution in [2.24, 2.45) is 0 Å². The van der Waals surface area contributed by atoms with Crippen LogP contribution in [0.25, 0.3) is 0 Å². The predicted octanol–water partition coefficient (Wildman–Crippen LogP) is 1.40. The van der Waals surface area contributed by atoms with Crippen LogP contribution in [0, 0.1) is 5.82 Å².